The Labute approximate surface area is 172 Å². The van der Waals surface area contributed by atoms with E-state index in [1.165, 1.54) is 29.0 Å². The van der Waals surface area contributed by atoms with E-state index in [-0.39, 0.29) is 0 Å². The summed E-state index contributed by atoms with van der Waals surface area (Å²) in [5.74, 6) is -0.188. The number of aromatic carboxylic acids is 1. The molecular formula is C22H20N4O2S. The van der Waals surface area contributed by atoms with E-state index in [9.17, 15) is 9.90 Å². The second kappa shape index (κ2) is 8.36. The van der Waals surface area contributed by atoms with Crippen molar-refractivity contribution in [3.05, 3.63) is 72.2 Å². The smallest absolute Gasteiger partial charge is 0.336 e. The van der Waals surface area contributed by atoms with Gasteiger partial charge in [0.2, 0.25) is 0 Å². The molecule has 0 aliphatic heterocycles. The topological polar surface area (TPSA) is 90.9 Å². The van der Waals surface area contributed by atoms with E-state index in [1.807, 2.05) is 24.6 Å². The lowest BCUT2D eigenvalue weighted by Gasteiger charge is -2.09. The Hall–Kier alpha value is -3.32. The third-order valence-electron chi connectivity index (χ3n) is 4.73. The summed E-state index contributed by atoms with van der Waals surface area (Å²) < 4.78 is 0. The summed E-state index contributed by atoms with van der Waals surface area (Å²) in [5, 5.41) is 13.8. The van der Waals surface area contributed by atoms with Crippen molar-refractivity contribution < 1.29 is 9.90 Å². The van der Waals surface area contributed by atoms with Crippen LogP contribution in [0, 0.1) is 0 Å². The second-order valence-electron chi connectivity index (χ2n) is 6.58. The third kappa shape index (κ3) is 4.25. The molecule has 0 atom stereocenters. The first kappa shape index (κ1) is 19.0. The molecule has 0 radical (unpaired) electrons. The Morgan fingerprint density at radius 1 is 1.14 bits per heavy atom. The van der Waals surface area contributed by atoms with Gasteiger partial charge in [-0.1, -0.05) is 18.2 Å². The van der Waals surface area contributed by atoms with Crippen LogP contribution in [0.2, 0.25) is 0 Å². The van der Waals surface area contributed by atoms with Crippen molar-refractivity contribution in [1.82, 2.24) is 15.0 Å². The fourth-order valence-corrected chi connectivity index (χ4v) is 3.84. The molecule has 7 heteroatoms. The Kier molecular flexibility index (Phi) is 5.48. The van der Waals surface area contributed by atoms with Gasteiger partial charge >= 0.3 is 5.97 Å². The summed E-state index contributed by atoms with van der Waals surface area (Å²) in [6, 6.07) is 15.6. The maximum Gasteiger partial charge on any atom is 0.336 e. The van der Waals surface area contributed by atoms with Gasteiger partial charge in [0.25, 0.3) is 0 Å². The quantitative estimate of drug-likeness (QED) is 0.387. The number of thioether (sulfide) groups is 1. The molecule has 0 spiro atoms. The molecule has 6 nitrogen and oxygen atoms in total. The van der Waals surface area contributed by atoms with E-state index >= 15 is 0 Å². The molecule has 0 saturated heterocycles. The minimum Gasteiger partial charge on any atom is -0.478 e. The Balaban J connectivity index is 1.46. The second-order valence-corrected chi connectivity index (χ2v) is 7.43. The third-order valence-corrected chi connectivity index (χ3v) is 5.51. The van der Waals surface area contributed by atoms with Crippen molar-refractivity contribution in [3.63, 3.8) is 0 Å². The van der Waals surface area contributed by atoms with Crippen LogP contribution in [0.3, 0.4) is 0 Å². The molecule has 2 aromatic heterocycles. The highest BCUT2D eigenvalue weighted by molar-refractivity contribution is 7.98. The fourth-order valence-electron chi connectivity index (χ4n) is 3.22. The standard InChI is InChI=1S/C22H20N4O2S/c1-29-20-11-16(4-5-17(20)22(27)28)19-12-21(26-13-25-19)24-8-6-14-2-3-15-7-9-23-18(15)10-14/h2-5,7,9-13,23H,6,8H2,1H3,(H,27,28)(H,24,25,26). The first-order chi connectivity index (χ1) is 14.1. The molecule has 4 rings (SSSR count). The van der Waals surface area contributed by atoms with Gasteiger partial charge in [-0.2, -0.15) is 0 Å². The number of carboxylic acids is 1. The van der Waals surface area contributed by atoms with E-state index in [0.717, 1.165) is 35.6 Å². The maximum absolute atomic E-state index is 11.3. The Morgan fingerprint density at radius 3 is 2.86 bits per heavy atom. The number of carboxylic acid groups (broad SMARTS) is 1. The van der Waals surface area contributed by atoms with Crippen LogP contribution in [0.1, 0.15) is 15.9 Å². The number of benzene rings is 2. The van der Waals surface area contributed by atoms with Crippen LogP contribution in [0.5, 0.6) is 0 Å². The first-order valence-electron chi connectivity index (χ1n) is 9.17. The number of hydrogen-bond donors (Lipinski definition) is 3. The first-order valence-corrected chi connectivity index (χ1v) is 10.4. The van der Waals surface area contributed by atoms with Crippen LogP contribution >= 0.6 is 11.8 Å². The van der Waals surface area contributed by atoms with Crippen molar-refractivity contribution in [3.8, 4) is 11.3 Å². The van der Waals surface area contributed by atoms with Gasteiger partial charge in [-0.05, 0) is 47.9 Å². The molecule has 0 aliphatic rings. The number of H-pyrrole nitrogens is 1. The molecule has 146 valence electrons. The van der Waals surface area contributed by atoms with Crippen molar-refractivity contribution in [2.75, 3.05) is 18.1 Å². The molecule has 0 bridgehead atoms. The van der Waals surface area contributed by atoms with Crippen LogP contribution in [0.25, 0.3) is 22.2 Å². The zero-order chi connectivity index (χ0) is 20.2. The zero-order valence-electron chi connectivity index (χ0n) is 15.8. The van der Waals surface area contributed by atoms with Gasteiger partial charge in [0.15, 0.2) is 0 Å². The highest BCUT2D eigenvalue weighted by Crippen LogP contribution is 2.27. The summed E-state index contributed by atoms with van der Waals surface area (Å²) in [4.78, 5) is 23.9. The molecule has 3 N–H and O–H groups in total. The van der Waals surface area contributed by atoms with Crippen LogP contribution < -0.4 is 5.32 Å². The van der Waals surface area contributed by atoms with Gasteiger partial charge in [-0.25, -0.2) is 14.8 Å². The van der Waals surface area contributed by atoms with Gasteiger partial charge < -0.3 is 15.4 Å². The lowest BCUT2D eigenvalue weighted by atomic mass is 10.1. The lowest BCUT2D eigenvalue weighted by Crippen LogP contribution is -2.06. The molecule has 0 aliphatic carbocycles. The number of aromatic amines is 1. The SMILES string of the molecule is CSc1cc(-c2cc(NCCc3ccc4cc[nH]c4c3)ncn2)ccc1C(=O)O. The molecule has 0 unspecified atom stereocenters. The highest BCUT2D eigenvalue weighted by Gasteiger charge is 2.11. The van der Waals surface area contributed by atoms with Crippen molar-refractivity contribution in [1.29, 1.82) is 0 Å². The molecular weight excluding hydrogens is 384 g/mol. The van der Waals surface area contributed by atoms with Crippen LogP contribution in [-0.2, 0) is 6.42 Å². The van der Waals surface area contributed by atoms with E-state index in [4.69, 9.17) is 0 Å². The van der Waals surface area contributed by atoms with Gasteiger partial charge in [0, 0.05) is 34.8 Å². The lowest BCUT2D eigenvalue weighted by molar-refractivity contribution is 0.0693. The largest absolute Gasteiger partial charge is 0.478 e. The van der Waals surface area contributed by atoms with Crippen LogP contribution in [0.15, 0.2) is 66.0 Å². The number of carbonyl (C=O) groups is 1. The molecule has 29 heavy (non-hydrogen) atoms. The summed E-state index contributed by atoms with van der Waals surface area (Å²) in [6.45, 7) is 0.747. The minimum atomic E-state index is -0.927. The fraction of sp³-hybridized carbons (Fsp3) is 0.136. The number of nitrogens with zero attached hydrogens (tertiary/aromatic N) is 2. The minimum absolute atomic E-state index is 0.299. The Bertz CT molecular complexity index is 1170. The molecule has 2 aromatic carbocycles. The zero-order valence-corrected chi connectivity index (χ0v) is 16.7. The summed E-state index contributed by atoms with van der Waals surface area (Å²) in [6.07, 6.45) is 6.20. The average Bonchev–Trinajstić information content (AvgIpc) is 3.21. The highest BCUT2D eigenvalue weighted by atomic mass is 32.2. The molecule has 0 fully saturated rings. The molecule has 0 amide bonds. The summed E-state index contributed by atoms with van der Waals surface area (Å²) in [7, 11) is 0. The van der Waals surface area contributed by atoms with Gasteiger partial charge in [0.05, 0.1) is 11.3 Å². The predicted molar refractivity (Wildman–Crippen MR) is 117 cm³/mol. The van der Waals surface area contributed by atoms with E-state index < -0.39 is 5.97 Å². The maximum atomic E-state index is 11.3. The van der Waals surface area contributed by atoms with Crippen molar-refractivity contribution in [2.24, 2.45) is 0 Å². The molecule has 4 aromatic rings. The Morgan fingerprint density at radius 2 is 2.03 bits per heavy atom. The summed E-state index contributed by atoms with van der Waals surface area (Å²) in [5.41, 5.74) is 4.30. The van der Waals surface area contributed by atoms with Crippen LogP contribution in [0.4, 0.5) is 5.82 Å². The number of fused-ring (bicyclic) bond motifs is 1. The monoisotopic (exact) mass is 404 g/mol. The van der Waals surface area contributed by atoms with E-state index in [2.05, 4.69) is 44.5 Å². The average molecular weight is 404 g/mol. The van der Waals surface area contributed by atoms with Gasteiger partial charge in [-0.3, -0.25) is 0 Å². The number of nitrogens with one attached hydrogen (secondary N) is 2. The van der Waals surface area contributed by atoms with Crippen molar-refractivity contribution >= 4 is 34.5 Å². The number of aromatic nitrogens is 3. The van der Waals surface area contributed by atoms with Crippen molar-refractivity contribution in [2.45, 2.75) is 11.3 Å². The van der Waals surface area contributed by atoms with Crippen LogP contribution in [-0.4, -0.2) is 38.8 Å². The molecule has 0 saturated carbocycles. The van der Waals surface area contributed by atoms with E-state index in [0.29, 0.717) is 10.5 Å². The molecule has 2 heterocycles. The van der Waals surface area contributed by atoms with E-state index in [1.54, 1.807) is 12.1 Å². The normalized spacial score (nSPS) is 10.9. The predicted octanol–water partition coefficient (Wildman–Crippen LogP) is 4.70. The number of rotatable bonds is 7. The number of hydrogen-bond acceptors (Lipinski definition) is 5. The van der Waals surface area contributed by atoms with Gasteiger partial charge in [0.1, 0.15) is 12.1 Å². The summed E-state index contributed by atoms with van der Waals surface area (Å²) >= 11 is 1.41. The number of anilines is 1. The van der Waals surface area contributed by atoms with Gasteiger partial charge in [-0.15, -0.1) is 11.8 Å².